The molecular weight excluding hydrogens is 696 g/mol. The van der Waals surface area contributed by atoms with E-state index in [0.717, 1.165) is 0 Å². The molecule has 0 bridgehead atoms. The third kappa shape index (κ3) is 7.64. The number of hydrogen-bond acceptors (Lipinski definition) is 17. The second-order valence-corrected chi connectivity index (χ2v) is 14.1. The number of primary amides is 1. The zero-order valence-electron chi connectivity index (χ0n) is 25.0. The normalized spacial score (nSPS) is 30.9. The summed E-state index contributed by atoms with van der Waals surface area (Å²) in [6, 6.07) is 2.69. The second kappa shape index (κ2) is 14.0. The minimum Gasteiger partial charge on any atom is -0.756 e. The molecule has 0 radical (unpaired) electrons. The Balaban J connectivity index is 1.04. The first-order valence-corrected chi connectivity index (χ1v) is 17.5. The van der Waals surface area contributed by atoms with Gasteiger partial charge in [-0.1, -0.05) is 24.3 Å². The van der Waals surface area contributed by atoms with Crippen molar-refractivity contribution < 1.29 is 71.5 Å². The van der Waals surface area contributed by atoms with Crippen LogP contribution in [0.1, 0.15) is 22.8 Å². The first-order chi connectivity index (χ1) is 23.2. The number of ether oxygens (including phenoxy) is 2. The number of phosphoric acid groups is 2. The van der Waals surface area contributed by atoms with E-state index < -0.39 is 83.8 Å². The van der Waals surface area contributed by atoms with E-state index in [1.165, 1.54) is 46.3 Å². The van der Waals surface area contributed by atoms with Gasteiger partial charge in [0.05, 0.1) is 25.6 Å². The number of nitrogens with two attached hydrogens (primary N) is 1. The van der Waals surface area contributed by atoms with Gasteiger partial charge in [0.25, 0.3) is 20.0 Å². The van der Waals surface area contributed by atoms with Crippen LogP contribution in [0.4, 0.5) is 5.82 Å². The number of hydrogen-bond donors (Lipinski definition) is 7. The highest BCUT2D eigenvalue weighted by Gasteiger charge is 2.49. The molecule has 3 aromatic rings. The number of phosphoric ester groups is 2. The fourth-order valence-electron chi connectivity index (χ4n) is 5.34. The van der Waals surface area contributed by atoms with Crippen molar-refractivity contribution in [1.29, 1.82) is 0 Å². The summed E-state index contributed by atoms with van der Waals surface area (Å²) in [7, 11) is -11.1. The molecule has 264 valence electrons. The summed E-state index contributed by atoms with van der Waals surface area (Å²) in [5, 5.41) is 45.2. The fourth-order valence-corrected chi connectivity index (χ4v) is 7.40. The molecule has 23 heteroatoms. The number of amides is 1. The zero-order chi connectivity index (χ0) is 35.1. The SMILES string of the molecule is NC(=O)c1ccc[n+]([C@@H]2O[C@H](COP(=O)([O-])OP(=O)(O)OC[C@H]3O[C@@H](n4cnc5c(NC6C=CC=C6)ncnc54)[C@H](O)[C@@H]3O)[C@@H](O)[C@H]2O)c1. The number of carbonyl (C=O) groups excluding carboxylic acids is 1. The highest BCUT2D eigenvalue weighted by molar-refractivity contribution is 7.60. The third-order valence-electron chi connectivity index (χ3n) is 7.76. The van der Waals surface area contributed by atoms with Gasteiger partial charge in [0.15, 0.2) is 41.7 Å². The van der Waals surface area contributed by atoms with E-state index in [2.05, 4.69) is 29.1 Å². The quantitative estimate of drug-likeness (QED) is 0.0718. The lowest BCUT2D eigenvalue weighted by atomic mass is 10.1. The predicted octanol–water partition coefficient (Wildman–Crippen LogP) is -2.32. The molecule has 8 N–H and O–H groups in total. The maximum atomic E-state index is 12.5. The van der Waals surface area contributed by atoms with Gasteiger partial charge >= 0.3 is 7.82 Å². The molecule has 1 amide bonds. The van der Waals surface area contributed by atoms with Crippen LogP contribution in [0.2, 0.25) is 0 Å². The van der Waals surface area contributed by atoms with Crippen molar-refractivity contribution in [2.75, 3.05) is 18.5 Å². The summed E-state index contributed by atoms with van der Waals surface area (Å²) < 4.78 is 52.2. The molecule has 2 aliphatic heterocycles. The summed E-state index contributed by atoms with van der Waals surface area (Å²) >= 11 is 0. The van der Waals surface area contributed by atoms with Crippen molar-refractivity contribution in [2.45, 2.75) is 55.1 Å². The maximum Gasteiger partial charge on any atom is 0.478 e. The van der Waals surface area contributed by atoms with E-state index in [0.29, 0.717) is 11.3 Å². The number of fused-ring (bicyclic) bond motifs is 1. The second-order valence-electron chi connectivity index (χ2n) is 11.1. The first kappa shape index (κ1) is 35.3. The molecule has 6 rings (SSSR count). The summed E-state index contributed by atoms with van der Waals surface area (Å²) in [5.74, 6) is -0.383. The summed E-state index contributed by atoms with van der Waals surface area (Å²) in [4.78, 5) is 46.6. The van der Waals surface area contributed by atoms with E-state index in [1.54, 1.807) is 0 Å². The molecule has 49 heavy (non-hydrogen) atoms. The standard InChI is InChI=1S/C26H31N7O14P2/c27-22(38)13-4-3-7-32(8-13)25-20(36)18(34)15(45-25)9-43-48(39,40)47-49(41,42)44-10-16-19(35)21(37)26(46-16)33-12-30-17-23(28-11-29-24(17)33)31-14-5-1-2-6-14/h1-8,11-12,14-16,18-21,25-26,34-37H,9-10H2,(H4-,27,28,29,31,38,39,40,41,42)/t15-,16-,18-,19-,20-,21-,25-,26-/m1/s1. The number of pyridine rings is 1. The number of aliphatic hydroxyl groups is 4. The first-order valence-electron chi connectivity index (χ1n) is 14.5. The number of rotatable bonds is 13. The lowest BCUT2D eigenvalue weighted by Crippen LogP contribution is -2.46. The number of aromatic nitrogens is 5. The zero-order valence-corrected chi connectivity index (χ0v) is 26.8. The average molecular weight is 728 g/mol. The summed E-state index contributed by atoms with van der Waals surface area (Å²) in [5.41, 5.74) is 5.88. The molecule has 1 aliphatic carbocycles. The number of aliphatic hydroxyl groups excluding tert-OH is 4. The number of allylic oxidation sites excluding steroid dienone is 2. The maximum absolute atomic E-state index is 12.5. The molecule has 2 fully saturated rings. The number of carbonyl (C=O) groups is 1. The van der Waals surface area contributed by atoms with Gasteiger partial charge in [-0.2, -0.15) is 4.57 Å². The van der Waals surface area contributed by atoms with Crippen LogP contribution in [0.25, 0.3) is 11.2 Å². The van der Waals surface area contributed by atoms with Crippen LogP contribution in [0, 0.1) is 0 Å². The van der Waals surface area contributed by atoms with Crippen LogP contribution < -0.4 is 20.5 Å². The Bertz CT molecular complexity index is 1850. The molecule has 3 aliphatic rings. The molecule has 5 heterocycles. The molecule has 0 spiro atoms. The molecule has 0 saturated carbocycles. The van der Waals surface area contributed by atoms with Crippen molar-refractivity contribution in [1.82, 2.24) is 19.5 Å². The number of imidazole rings is 1. The fraction of sp³-hybridized carbons (Fsp3) is 0.423. The minimum atomic E-state index is -5.63. The van der Waals surface area contributed by atoms with E-state index in [9.17, 15) is 44.1 Å². The minimum absolute atomic E-state index is 0.0611. The molecule has 21 nitrogen and oxygen atoms in total. The van der Waals surface area contributed by atoms with E-state index in [1.807, 2.05) is 24.3 Å². The molecule has 2 unspecified atom stereocenters. The van der Waals surface area contributed by atoms with Crippen molar-refractivity contribution >= 4 is 38.5 Å². The number of nitrogens with one attached hydrogen (secondary N) is 1. The summed E-state index contributed by atoms with van der Waals surface area (Å²) in [6.45, 7) is -1.88. The van der Waals surface area contributed by atoms with Gasteiger partial charge in [-0.15, -0.1) is 0 Å². The van der Waals surface area contributed by atoms with Crippen molar-refractivity contribution in [2.24, 2.45) is 5.73 Å². The molecule has 0 aromatic carbocycles. The Morgan fingerprint density at radius 2 is 1.71 bits per heavy atom. The lowest BCUT2D eigenvalue weighted by Gasteiger charge is -2.26. The van der Waals surface area contributed by atoms with E-state index in [4.69, 9.17) is 19.7 Å². The topological polar surface area (TPSA) is 307 Å². The Morgan fingerprint density at radius 3 is 2.45 bits per heavy atom. The van der Waals surface area contributed by atoms with Gasteiger partial charge < -0.3 is 55.3 Å². The van der Waals surface area contributed by atoms with Gasteiger partial charge in [0, 0.05) is 6.07 Å². The molecule has 2 saturated heterocycles. The van der Waals surface area contributed by atoms with E-state index in [-0.39, 0.29) is 17.3 Å². The van der Waals surface area contributed by atoms with Crippen molar-refractivity contribution in [3.63, 3.8) is 0 Å². The van der Waals surface area contributed by atoms with Gasteiger partial charge in [-0.25, -0.2) is 23.8 Å². The monoisotopic (exact) mass is 727 g/mol. The van der Waals surface area contributed by atoms with Crippen LogP contribution in [0.5, 0.6) is 0 Å². The predicted molar refractivity (Wildman–Crippen MR) is 158 cm³/mol. The Hall–Kier alpha value is -3.53. The molecular formula is C26H31N7O14P2. The van der Waals surface area contributed by atoms with Crippen LogP contribution in [-0.4, -0.2) is 107 Å². The Kier molecular flexibility index (Phi) is 10.1. The average Bonchev–Trinajstić information content (AvgIpc) is 3.84. The lowest BCUT2D eigenvalue weighted by molar-refractivity contribution is -0.765. The van der Waals surface area contributed by atoms with Crippen molar-refractivity contribution in [3.8, 4) is 0 Å². The van der Waals surface area contributed by atoms with E-state index >= 15 is 0 Å². The highest BCUT2D eigenvalue weighted by Crippen LogP contribution is 2.58. The van der Waals surface area contributed by atoms with Gasteiger partial charge in [0.2, 0.25) is 0 Å². The van der Waals surface area contributed by atoms with Crippen LogP contribution in [0.15, 0.2) is 61.5 Å². The largest absolute Gasteiger partial charge is 0.756 e. The smallest absolute Gasteiger partial charge is 0.478 e. The van der Waals surface area contributed by atoms with Crippen LogP contribution in [-0.2, 0) is 32.0 Å². The van der Waals surface area contributed by atoms with Crippen molar-refractivity contribution in [3.05, 3.63) is 67.0 Å². The Labute approximate surface area is 276 Å². The van der Waals surface area contributed by atoms with Gasteiger partial charge in [0.1, 0.15) is 42.4 Å². The third-order valence-corrected chi connectivity index (χ3v) is 10.3. The molecule has 10 atom stereocenters. The molecule has 3 aromatic heterocycles. The summed E-state index contributed by atoms with van der Waals surface area (Å²) in [6.07, 6.45) is 0.641. The van der Waals surface area contributed by atoms with Gasteiger partial charge in [-0.05, 0) is 6.07 Å². The van der Waals surface area contributed by atoms with Crippen LogP contribution >= 0.6 is 15.6 Å². The Morgan fingerprint density at radius 1 is 1.02 bits per heavy atom. The van der Waals surface area contributed by atoms with Gasteiger partial charge in [-0.3, -0.25) is 18.5 Å². The number of nitrogens with zero attached hydrogens (tertiary/aromatic N) is 5. The highest BCUT2D eigenvalue weighted by atomic mass is 31.3. The number of anilines is 1. The van der Waals surface area contributed by atoms with Crippen LogP contribution in [0.3, 0.4) is 0 Å².